The number of hydrogen-bond acceptors (Lipinski definition) is 3. The lowest BCUT2D eigenvalue weighted by Crippen LogP contribution is -2.19. The van der Waals surface area contributed by atoms with Gasteiger partial charge in [-0.1, -0.05) is 34.1 Å². The number of aromatic nitrogens is 1. The second kappa shape index (κ2) is 6.00. The van der Waals surface area contributed by atoms with E-state index in [0.717, 1.165) is 30.8 Å². The van der Waals surface area contributed by atoms with Gasteiger partial charge in [0.05, 0.1) is 10.7 Å². The summed E-state index contributed by atoms with van der Waals surface area (Å²) in [5.41, 5.74) is 1.50. The van der Waals surface area contributed by atoms with Crippen LogP contribution >= 0.6 is 11.3 Å². The van der Waals surface area contributed by atoms with Crippen molar-refractivity contribution in [2.75, 3.05) is 6.54 Å². The minimum atomic E-state index is 0.162. The standard InChI is InChI=1S/C18H30N2S/c1-5-8-19-11-15-16(18(2,3)4)20-17(21-15)14-10-12-6-7-13(14)9-12/h12-14,19H,5-11H2,1-4H3. The Labute approximate surface area is 133 Å². The van der Waals surface area contributed by atoms with Crippen LogP contribution in [0.1, 0.15) is 81.3 Å². The molecule has 0 radical (unpaired) electrons. The first-order chi connectivity index (χ1) is 9.99. The van der Waals surface area contributed by atoms with Gasteiger partial charge in [-0.05, 0) is 44.1 Å². The van der Waals surface area contributed by atoms with Crippen molar-refractivity contribution in [3.05, 3.63) is 15.6 Å². The maximum Gasteiger partial charge on any atom is 0.0965 e. The molecule has 2 fully saturated rings. The first-order valence-corrected chi connectivity index (χ1v) is 9.51. The fourth-order valence-electron chi connectivity index (χ4n) is 4.16. The van der Waals surface area contributed by atoms with Gasteiger partial charge in [-0.2, -0.15) is 0 Å². The zero-order valence-electron chi connectivity index (χ0n) is 14.0. The molecule has 2 nitrogen and oxygen atoms in total. The molecule has 0 saturated heterocycles. The quantitative estimate of drug-likeness (QED) is 0.787. The first-order valence-electron chi connectivity index (χ1n) is 8.69. The van der Waals surface area contributed by atoms with E-state index in [1.54, 1.807) is 0 Å². The predicted molar refractivity (Wildman–Crippen MR) is 91.0 cm³/mol. The van der Waals surface area contributed by atoms with Gasteiger partial charge in [0.2, 0.25) is 0 Å². The fraction of sp³-hybridized carbons (Fsp3) is 0.833. The molecule has 2 aliphatic rings. The molecule has 2 saturated carbocycles. The van der Waals surface area contributed by atoms with Crippen molar-refractivity contribution in [3.63, 3.8) is 0 Å². The number of nitrogens with zero attached hydrogens (tertiary/aromatic N) is 1. The SMILES string of the molecule is CCCNCc1sc(C2CC3CCC2C3)nc1C(C)(C)C. The van der Waals surface area contributed by atoms with Crippen LogP contribution in [-0.4, -0.2) is 11.5 Å². The number of hydrogen-bond donors (Lipinski definition) is 1. The topological polar surface area (TPSA) is 24.9 Å². The van der Waals surface area contributed by atoms with Gasteiger partial charge in [-0.15, -0.1) is 11.3 Å². The zero-order chi connectivity index (χ0) is 15.0. The highest BCUT2D eigenvalue weighted by Crippen LogP contribution is 2.54. The van der Waals surface area contributed by atoms with E-state index in [-0.39, 0.29) is 5.41 Å². The van der Waals surface area contributed by atoms with Gasteiger partial charge in [-0.25, -0.2) is 4.98 Å². The molecule has 0 amide bonds. The highest BCUT2D eigenvalue weighted by molar-refractivity contribution is 7.11. The first kappa shape index (κ1) is 15.5. The van der Waals surface area contributed by atoms with Crippen LogP contribution in [0.3, 0.4) is 0 Å². The molecule has 3 unspecified atom stereocenters. The van der Waals surface area contributed by atoms with Gasteiger partial charge in [0.1, 0.15) is 0 Å². The second-order valence-electron chi connectivity index (χ2n) is 8.03. The molecule has 3 heteroatoms. The molecule has 118 valence electrons. The summed E-state index contributed by atoms with van der Waals surface area (Å²) in [6.07, 6.45) is 7.00. The van der Waals surface area contributed by atoms with Crippen molar-refractivity contribution in [1.82, 2.24) is 10.3 Å². The molecule has 1 aromatic rings. The smallest absolute Gasteiger partial charge is 0.0965 e. The summed E-state index contributed by atoms with van der Waals surface area (Å²) in [5, 5.41) is 5.02. The van der Waals surface area contributed by atoms with Gasteiger partial charge in [0.15, 0.2) is 0 Å². The lowest BCUT2D eigenvalue weighted by atomic mass is 9.88. The molecule has 1 aromatic heterocycles. The van der Waals surface area contributed by atoms with Crippen LogP contribution in [0.2, 0.25) is 0 Å². The van der Waals surface area contributed by atoms with Crippen molar-refractivity contribution >= 4 is 11.3 Å². The van der Waals surface area contributed by atoms with Gasteiger partial charge in [-0.3, -0.25) is 0 Å². The largest absolute Gasteiger partial charge is 0.312 e. The Morgan fingerprint density at radius 1 is 1.24 bits per heavy atom. The van der Waals surface area contributed by atoms with Gasteiger partial charge < -0.3 is 5.32 Å². The van der Waals surface area contributed by atoms with Crippen LogP contribution < -0.4 is 5.32 Å². The molecule has 3 atom stereocenters. The molecule has 1 heterocycles. The number of rotatable bonds is 5. The summed E-state index contributed by atoms with van der Waals surface area (Å²) in [7, 11) is 0. The highest BCUT2D eigenvalue weighted by Gasteiger charge is 2.42. The second-order valence-corrected chi connectivity index (χ2v) is 9.15. The Kier molecular flexibility index (Phi) is 4.42. The van der Waals surface area contributed by atoms with Crippen molar-refractivity contribution in [2.45, 2.75) is 77.7 Å². The van der Waals surface area contributed by atoms with E-state index in [0.29, 0.717) is 0 Å². The summed E-state index contributed by atoms with van der Waals surface area (Å²) in [6.45, 7) is 11.2. The number of fused-ring (bicyclic) bond motifs is 2. The molecule has 0 spiro atoms. The van der Waals surface area contributed by atoms with Gasteiger partial charge >= 0.3 is 0 Å². The Bertz CT molecular complexity index is 486. The number of thiazole rings is 1. The number of nitrogens with one attached hydrogen (secondary N) is 1. The summed E-state index contributed by atoms with van der Waals surface area (Å²) >= 11 is 2.00. The summed E-state index contributed by atoms with van der Waals surface area (Å²) in [5.74, 6) is 2.71. The summed E-state index contributed by atoms with van der Waals surface area (Å²) in [6, 6.07) is 0. The molecule has 3 rings (SSSR count). The Hall–Kier alpha value is -0.410. The van der Waals surface area contributed by atoms with Crippen molar-refractivity contribution in [1.29, 1.82) is 0 Å². The lowest BCUT2D eigenvalue weighted by molar-refractivity contribution is 0.417. The van der Waals surface area contributed by atoms with Crippen LogP contribution in [0.5, 0.6) is 0 Å². The van der Waals surface area contributed by atoms with E-state index in [2.05, 4.69) is 33.0 Å². The molecule has 21 heavy (non-hydrogen) atoms. The molecule has 0 aromatic carbocycles. The van der Waals surface area contributed by atoms with E-state index in [1.165, 1.54) is 47.7 Å². The zero-order valence-corrected chi connectivity index (χ0v) is 14.9. The monoisotopic (exact) mass is 306 g/mol. The minimum Gasteiger partial charge on any atom is -0.312 e. The fourth-order valence-corrected chi connectivity index (χ4v) is 5.61. The van der Waals surface area contributed by atoms with Crippen molar-refractivity contribution in [3.8, 4) is 0 Å². The van der Waals surface area contributed by atoms with Crippen LogP contribution in [0.15, 0.2) is 0 Å². The van der Waals surface area contributed by atoms with E-state index < -0.39 is 0 Å². The summed E-state index contributed by atoms with van der Waals surface area (Å²) in [4.78, 5) is 6.62. The summed E-state index contributed by atoms with van der Waals surface area (Å²) < 4.78 is 0. The van der Waals surface area contributed by atoms with Crippen molar-refractivity contribution in [2.24, 2.45) is 11.8 Å². The molecule has 2 bridgehead atoms. The van der Waals surface area contributed by atoms with E-state index in [9.17, 15) is 0 Å². The van der Waals surface area contributed by atoms with Crippen LogP contribution in [0.4, 0.5) is 0 Å². The maximum atomic E-state index is 5.14. The molecular formula is C18H30N2S. The Morgan fingerprint density at radius 3 is 2.62 bits per heavy atom. The lowest BCUT2D eigenvalue weighted by Gasteiger charge is -2.20. The van der Waals surface area contributed by atoms with Crippen molar-refractivity contribution < 1.29 is 0 Å². The molecule has 2 aliphatic carbocycles. The van der Waals surface area contributed by atoms with Gasteiger partial charge in [0.25, 0.3) is 0 Å². The molecular weight excluding hydrogens is 276 g/mol. The average molecular weight is 307 g/mol. The Morgan fingerprint density at radius 2 is 2.05 bits per heavy atom. The van der Waals surface area contributed by atoms with Crippen LogP contribution in [0, 0.1) is 11.8 Å². The van der Waals surface area contributed by atoms with Gasteiger partial charge in [0, 0.05) is 22.8 Å². The van der Waals surface area contributed by atoms with Crippen LogP contribution in [0.25, 0.3) is 0 Å². The third-order valence-corrected chi connectivity index (χ3v) is 6.38. The van der Waals surface area contributed by atoms with E-state index in [1.807, 2.05) is 11.3 Å². The van der Waals surface area contributed by atoms with Crippen LogP contribution in [-0.2, 0) is 12.0 Å². The Balaban J connectivity index is 1.81. The van der Waals surface area contributed by atoms with E-state index >= 15 is 0 Å². The predicted octanol–water partition coefficient (Wildman–Crippen LogP) is 4.84. The molecule has 1 N–H and O–H groups in total. The maximum absolute atomic E-state index is 5.14. The normalized spacial score (nSPS) is 28.5. The highest BCUT2D eigenvalue weighted by atomic mass is 32.1. The molecule has 0 aliphatic heterocycles. The third kappa shape index (κ3) is 3.19. The third-order valence-electron chi connectivity index (χ3n) is 5.19. The average Bonchev–Trinajstić information content (AvgIpc) is 3.12. The van der Waals surface area contributed by atoms with E-state index in [4.69, 9.17) is 4.98 Å². The minimum absolute atomic E-state index is 0.162.